The quantitative estimate of drug-likeness (QED) is 0.726. The van der Waals surface area contributed by atoms with Crippen LogP contribution < -0.4 is 5.32 Å². The van der Waals surface area contributed by atoms with Crippen molar-refractivity contribution in [1.82, 2.24) is 10.2 Å². The summed E-state index contributed by atoms with van der Waals surface area (Å²) in [7, 11) is 2.21. The molecule has 0 spiro atoms. The van der Waals surface area contributed by atoms with Crippen LogP contribution in [-0.4, -0.2) is 31.1 Å². The fourth-order valence-corrected chi connectivity index (χ4v) is 2.57. The van der Waals surface area contributed by atoms with E-state index in [1.807, 2.05) is 0 Å². The Bertz CT molecular complexity index is 387. The average molecular weight is 276 g/mol. The first kappa shape index (κ1) is 17.2. The number of hydrogen-bond donors (Lipinski definition) is 1. The Hall–Kier alpha value is -0.860. The van der Waals surface area contributed by atoms with Gasteiger partial charge in [0, 0.05) is 12.6 Å². The predicted octanol–water partition coefficient (Wildman–Crippen LogP) is 3.82. The van der Waals surface area contributed by atoms with Crippen LogP contribution in [0.4, 0.5) is 0 Å². The molecule has 1 aromatic carbocycles. The fraction of sp³-hybridized carbons (Fsp3) is 0.667. The van der Waals surface area contributed by atoms with Crippen LogP contribution in [0.2, 0.25) is 0 Å². The maximum atomic E-state index is 3.59. The molecule has 1 rings (SSSR count). The van der Waals surface area contributed by atoms with Gasteiger partial charge in [0.05, 0.1) is 0 Å². The molecular weight excluding hydrogens is 244 g/mol. The van der Waals surface area contributed by atoms with Crippen LogP contribution in [0.15, 0.2) is 12.1 Å². The largest absolute Gasteiger partial charge is 0.313 e. The molecule has 0 aliphatic rings. The topological polar surface area (TPSA) is 15.3 Å². The molecule has 0 saturated heterocycles. The molecule has 0 aromatic heterocycles. The van der Waals surface area contributed by atoms with Crippen molar-refractivity contribution in [3.63, 3.8) is 0 Å². The first-order valence-corrected chi connectivity index (χ1v) is 7.89. The summed E-state index contributed by atoms with van der Waals surface area (Å²) in [4.78, 5) is 2.41. The lowest BCUT2D eigenvalue weighted by Crippen LogP contribution is -2.27. The number of benzene rings is 1. The number of nitrogens with one attached hydrogen (secondary N) is 1. The first-order chi connectivity index (χ1) is 9.41. The third kappa shape index (κ3) is 5.64. The van der Waals surface area contributed by atoms with Crippen molar-refractivity contribution in [2.24, 2.45) is 0 Å². The monoisotopic (exact) mass is 276 g/mol. The Morgan fingerprint density at radius 1 is 1.05 bits per heavy atom. The minimum atomic E-state index is 0.654. The van der Waals surface area contributed by atoms with E-state index in [-0.39, 0.29) is 0 Å². The molecule has 1 aromatic rings. The Kier molecular flexibility index (Phi) is 7.25. The summed E-state index contributed by atoms with van der Waals surface area (Å²) in [6.45, 7) is 14.4. The zero-order valence-corrected chi connectivity index (χ0v) is 14.2. The highest BCUT2D eigenvalue weighted by Crippen LogP contribution is 2.15. The smallest absolute Gasteiger partial charge is 0.0210 e. The second-order valence-electron chi connectivity index (χ2n) is 6.34. The van der Waals surface area contributed by atoms with Gasteiger partial charge in [0.15, 0.2) is 0 Å². The van der Waals surface area contributed by atoms with Crippen molar-refractivity contribution in [3.8, 4) is 0 Å². The summed E-state index contributed by atoms with van der Waals surface area (Å²) in [5.41, 5.74) is 5.65. The molecule has 0 unspecified atom stereocenters. The standard InChI is InChI=1S/C18H32N2/c1-14(2)20(6)10-8-7-9-19-13-18-16(4)11-15(3)12-17(18)5/h11-12,14,19H,7-10,13H2,1-6H3. The molecule has 0 atom stereocenters. The van der Waals surface area contributed by atoms with Gasteiger partial charge in [-0.1, -0.05) is 17.7 Å². The molecule has 0 aliphatic heterocycles. The summed E-state index contributed by atoms with van der Waals surface area (Å²) in [5.74, 6) is 0. The van der Waals surface area contributed by atoms with Gasteiger partial charge in [0.2, 0.25) is 0 Å². The molecule has 20 heavy (non-hydrogen) atoms. The summed E-state index contributed by atoms with van der Waals surface area (Å²) in [6.07, 6.45) is 2.52. The van der Waals surface area contributed by atoms with Gasteiger partial charge in [-0.05, 0) is 84.3 Å². The van der Waals surface area contributed by atoms with E-state index in [1.54, 1.807) is 0 Å². The molecule has 2 heteroatoms. The third-order valence-corrected chi connectivity index (χ3v) is 4.14. The predicted molar refractivity (Wildman–Crippen MR) is 89.4 cm³/mol. The molecule has 0 aliphatic carbocycles. The molecule has 0 fully saturated rings. The molecule has 0 bridgehead atoms. The van der Waals surface area contributed by atoms with Crippen molar-refractivity contribution < 1.29 is 0 Å². The Labute approximate surface area is 125 Å². The van der Waals surface area contributed by atoms with E-state index in [2.05, 4.69) is 64.0 Å². The molecule has 0 amide bonds. The van der Waals surface area contributed by atoms with Gasteiger partial charge >= 0.3 is 0 Å². The number of aryl methyl sites for hydroxylation is 3. The van der Waals surface area contributed by atoms with Gasteiger partial charge in [-0.3, -0.25) is 0 Å². The van der Waals surface area contributed by atoms with Crippen LogP contribution in [0.3, 0.4) is 0 Å². The summed E-state index contributed by atoms with van der Waals surface area (Å²) in [6, 6.07) is 5.21. The van der Waals surface area contributed by atoms with Crippen LogP contribution >= 0.6 is 0 Å². The third-order valence-electron chi connectivity index (χ3n) is 4.14. The lowest BCUT2D eigenvalue weighted by Gasteiger charge is -2.20. The minimum Gasteiger partial charge on any atom is -0.313 e. The maximum Gasteiger partial charge on any atom is 0.0210 e. The van der Waals surface area contributed by atoms with Crippen molar-refractivity contribution in [3.05, 3.63) is 34.4 Å². The van der Waals surface area contributed by atoms with E-state index in [4.69, 9.17) is 0 Å². The minimum absolute atomic E-state index is 0.654. The zero-order valence-electron chi connectivity index (χ0n) is 14.2. The Morgan fingerprint density at radius 3 is 2.20 bits per heavy atom. The van der Waals surface area contributed by atoms with Gasteiger partial charge in [-0.25, -0.2) is 0 Å². The van der Waals surface area contributed by atoms with Crippen molar-refractivity contribution in [2.75, 3.05) is 20.1 Å². The van der Waals surface area contributed by atoms with Crippen LogP contribution in [0.25, 0.3) is 0 Å². The Balaban J connectivity index is 2.25. The van der Waals surface area contributed by atoms with Crippen LogP contribution in [0.5, 0.6) is 0 Å². The summed E-state index contributed by atoms with van der Waals surface area (Å²) in [5, 5.41) is 3.59. The zero-order chi connectivity index (χ0) is 15.1. The summed E-state index contributed by atoms with van der Waals surface area (Å²) >= 11 is 0. The molecular formula is C18H32N2. The van der Waals surface area contributed by atoms with E-state index in [9.17, 15) is 0 Å². The van der Waals surface area contributed by atoms with Gasteiger partial charge in [-0.15, -0.1) is 0 Å². The van der Waals surface area contributed by atoms with E-state index in [0.717, 1.165) is 13.1 Å². The highest BCUT2D eigenvalue weighted by Gasteiger charge is 2.04. The van der Waals surface area contributed by atoms with E-state index in [1.165, 1.54) is 41.6 Å². The molecule has 1 N–H and O–H groups in total. The maximum absolute atomic E-state index is 3.59. The van der Waals surface area contributed by atoms with E-state index in [0.29, 0.717) is 6.04 Å². The van der Waals surface area contributed by atoms with Crippen LogP contribution in [-0.2, 0) is 6.54 Å². The number of nitrogens with zero attached hydrogens (tertiary/aromatic N) is 1. The SMILES string of the molecule is Cc1cc(C)c(CNCCCCN(C)C(C)C)c(C)c1. The van der Waals surface area contributed by atoms with Crippen LogP contribution in [0.1, 0.15) is 48.9 Å². The van der Waals surface area contributed by atoms with E-state index < -0.39 is 0 Å². The normalized spacial score (nSPS) is 11.6. The van der Waals surface area contributed by atoms with Gasteiger partial charge < -0.3 is 10.2 Å². The van der Waals surface area contributed by atoms with Gasteiger partial charge in [0.25, 0.3) is 0 Å². The van der Waals surface area contributed by atoms with Crippen molar-refractivity contribution in [1.29, 1.82) is 0 Å². The summed E-state index contributed by atoms with van der Waals surface area (Å²) < 4.78 is 0. The number of rotatable bonds is 8. The molecule has 2 nitrogen and oxygen atoms in total. The van der Waals surface area contributed by atoms with Crippen LogP contribution in [0, 0.1) is 20.8 Å². The highest BCUT2D eigenvalue weighted by molar-refractivity contribution is 5.37. The average Bonchev–Trinajstić information content (AvgIpc) is 2.35. The number of hydrogen-bond acceptors (Lipinski definition) is 2. The fourth-order valence-electron chi connectivity index (χ4n) is 2.57. The molecule has 0 saturated carbocycles. The second kappa shape index (κ2) is 8.43. The molecule has 0 heterocycles. The second-order valence-corrected chi connectivity index (χ2v) is 6.34. The van der Waals surface area contributed by atoms with Crippen molar-refractivity contribution >= 4 is 0 Å². The first-order valence-electron chi connectivity index (χ1n) is 7.89. The molecule has 0 radical (unpaired) electrons. The van der Waals surface area contributed by atoms with Gasteiger partial charge in [-0.2, -0.15) is 0 Å². The highest BCUT2D eigenvalue weighted by atomic mass is 15.1. The lowest BCUT2D eigenvalue weighted by molar-refractivity contribution is 0.268. The lowest BCUT2D eigenvalue weighted by atomic mass is 10.00. The van der Waals surface area contributed by atoms with Crippen molar-refractivity contribution in [2.45, 2.75) is 60.0 Å². The molecule has 114 valence electrons. The van der Waals surface area contributed by atoms with E-state index >= 15 is 0 Å². The Morgan fingerprint density at radius 2 is 1.65 bits per heavy atom. The van der Waals surface area contributed by atoms with Gasteiger partial charge in [0.1, 0.15) is 0 Å². The number of unbranched alkanes of at least 4 members (excludes halogenated alkanes) is 1.